The number of carbonyl (C=O) groups excluding carboxylic acids is 1. The number of aromatic nitrogens is 1. The molecule has 170 valence electrons. The van der Waals surface area contributed by atoms with Crippen molar-refractivity contribution in [3.05, 3.63) is 88.6 Å². The molecule has 2 heterocycles. The molecule has 0 unspecified atom stereocenters. The lowest BCUT2D eigenvalue weighted by molar-refractivity contribution is 0.102. The second kappa shape index (κ2) is 9.96. The lowest BCUT2D eigenvalue weighted by Gasteiger charge is -2.26. The molecular weight excluding hydrogens is 474 g/mol. The van der Waals surface area contributed by atoms with Gasteiger partial charge in [-0.05, 0) is 55.1 Å². The molecule has 0 aliphatic heterocycles. The van der Waals surface area contributed by atoms with E-state index in [2.05, 4.69) is 10.3 Å². The molecule has 0 fully saturated rings. The fourth-order valence-electron chi connectivity index (χ4n) is 3.26. The molecule has 0 atom stereocenters. The van der Waals surface area contributed by atoms with E-state index in [1.54, 1.807) is 11.3 Å². The molecule has 4 aromatic rings. The number of hydrogen-bond acceptors (Lipinski definition) is 6. The Bertz CT molecular complexity index is 1310. The normalized spacial score (nSPS) is 11.8. The van der Waals surface area contributed by atoms with Crippen LogP contribution in [0.25, 0.3) is 10.6 Å². The summed E-state index contributed by atoms with van der Waals surface area (Å²) in [5.74, 6) is -0.337. The Kier molecular flexibility index (Phi) is 7.04. The Morgan fingerprint density at radius 1 is 1.00 bits per heavy atom. The molecule has 0 saturated carbocycles. The third-order valence-corrected chi connectivity index (χ3v) is 8.66. The molecule has 6 nitrogen and oxygen atoms in total. The maximum atomic E-state index is 13.3. The first-order valence-electron chi connectivity index (χ1n) is 10.3. The molecule has 1 amide bonds. The fourth-order valence-corrected chi connectivity index (χ4v) is 6.35. The highest BCUT2D eigenvalue weighted by Crippen LogP contribution is 2.28. The average Bonchev–Trinajstić information content (AvgIpc) is 3.50. The maximum Gasteiger partial charge on any atom is 0.257 e. The SMILES string of the molecule is CC(C)N(Cc1ccccc1)S(=O)(=O)c1ccc(C(=O)Nc2nc(-c3cccs3)cs2)cc1. The zero-order valence-electron chi connectivity index (χ0n) is 18.1. The molecule has 0 spiro atoms. The third kappa shape index (κ3) is 5.39. The Morgan fingerprint density at radius 3 is 2.36 bits per heavy atom. The number of anilines is 1. The van der Waals surface area contributed by atoms with Crippen molar-refractivity contribution in [2.45, 2.75) is 31.3 Å². The summed E-state index contributed by atoms with van der Waals surface area (Å²) in [7, 11) is -3.73. The second-order valence-corrected chi connectivity index (χ2v) is 11.3. The standard InChI is InChI=1S/C24H23N3O3S3/c1-17(2)27(15-18-7-4-3-5-8-18)33(29,30)20-12-10-19(11-13-20)23(28)26-24-25-21(16-32-24)22-9-6-14-31-22/h3-14,16-17H,15H2,1-2H3,(H,25,26,28). The van der Waals surface area contributed by atoms with Crippen molar-refractivity contribution < 1.29 is 13.2 Å². The monoisotopic (exact) mass is 497 g/mol. The first-order chi connectivity index (χ1) is 15.8. The number of thiazole rings is 1. The van der Waals surface area contributed by atoms with Gasteiger partial charge < -0.3 is 0 Å². The summed E-state index contributed by atoms with van der Waals surface area (Å²) < 4.78 is 28.0. The van der Waals surface area contributed by atoms with E-state index in [9.17, 15) is 13.2 Å². The summed E-state index contributed by atoms with van der Waals surface area (Å²) in [5.41, 5.74) is 2.09. The number of nitrogens with zero attached hydrogens (tertiary/aromatic N) is 2. The van der Waals surface area contributed by atoms with Gasteiger partial charge in [0.2, 0.25) is 10.0 Å². The van der Waals surface area contributed by atoms with Crippen LogP contribution in [0, 0.1) is 0 Å². The first-order valence-corrected chi connectivity index (χ1v) is 13.5. The van der Waals surface area contributed by atoms with Gasteiger partial charge in [0.1, 0.15) is 0 Å². The number of carbonyl (C=O) groups is 1. The van der Waals surface area contributed by atoms with Gasteiger partial charge in [-0.15, -0.1) is 22.7 Å². The molecule has 0 bridgehead atoms. The minimum atomic E-state index is -3.73. The number of amides is 1. The van der Waals surface area contributed by atoms with Gasteiger partial charge in [-0.3, -0.25) is 10.1 Å². The largest absolute Gasteiger partial charge is 0.298 e. The van der Waals surface area contributed by atoms with Gasteiger partial charge in [0.25, 0.3) is 5.91 Å². The molecule has 0 aliphatic rings. The number of sulfonamides is 1. The molecule has 4 rings (SSSR count). The van der Waals surface area contributed by atoms with Crippen LogP contribution in [-0.4, -0.2) is 29.7 Å². The van der Waals surface area contributed by atoms with Gasteiger partial charge in [0.15, 0.2) is 5.13 Å². The number of benzene rings is 2. The van der Waals surface area contributed by atoms with Crippen LogP contribution in [0.4, 0.5) is 5.13 Å². The van der Waals surface area contributed by atoms with Crippen molar-refractivity contribution in [1.29, 1.82) is 0 Å². The fraction of sp³-hybridized carbons (Fsp3) is 0.167. The molecule has 33 heavy (non-hydrogen) atoms. The highest BCUT2D eigenvalue weighted by Gasteiger charge is 2.27. The molecule has 9 heteroatoms. The van der Waals surface area contributed by atoms with Gasteiger partial charge in [0, 0.05) is 23.5 Å². The van der Waals surface area contributed by atoms with Crippen LogP contribution in [0.15, 0.2) is 82.4 Å². The molecule has 1 N–H and O–H groups in total. The Morgan fingerprint density at radius 2 is 1.73 bits per heavy atom. The molecule has 0 aliphatic carbocycles. The van der Waals surface area contributed by atoms with E-state index < -0.39 is 10.0 Å². The van der Waals surface area contributed by atoms with Crippen LogP contribution in [0.3, 0.4) is 0 Å². The number of nitrogens with one attached hydrogen (secondary N) is 1. The Labute approximate surface area is 201 Å². The molecule has 0 radical (unpaired) electrons. The predicted octanol–water partition coefficient (Wildman–Crippen LogP) is 5.72. The quantitative estimate of drug-likeness (QED) is 0.337. The molecular formula is C24H23N3O3S3. The van der Waals surface area contributed by atoms with Crippen LogP contribution >= 0.6 is 22.7 Å². The second-order valence-electron chi connectivity index (χ2n) is 7.62. The van der Waals surface area contributed by atoms with E-state index in [4.69, 9.17) is 0 Å². The minimum absolute atomic E-state index is 0.151. The van der Waals surface area contributed by atoms with E-state index in [1.165, 1.54) is 39.9 Å². The van der Waals surface area contributed by atoms with Crippen LogP contribution in [0.1, 0.15) is 29.8 Å². The number of hydrogen-bond donors (Lipinski definition) is 1. The zero-order chi connectivity index (χ0) is 23.4. The van der Waals surface area contributed by atoms with Crippen molar-refractivity contribution in [2.75, 3.05) is 5.32 Å². The summed E-state index contributed by atoms with van der Waals surface area (Å²) in [6.45, 7) is 3.97. The molecule has 2 aromatic heterocycles. The summed E-state index contributed by atoms with van der Waals surface area (Å²) in [6, 6.07) is 19.2. The minimum Gasteiger partial charge on any atom is -0.298 e. The van der Waals surface area contributed by atoms with Crippen molar-refractivity contribution in [1.82, 2.24) is 9.29 Å². The van der Waals surface area contributed by atoms with Gasteiger partial charge in [-0.1, -0.05) is 36.4 Å². The summed E-state index contributed by atoms with van der Waals surface area (Å²) in [6.07, 6.45) is 0. The Balaban J connectivity index is 1.48. The maximum absolute atomic E-state index is 13.3. The van der Waals surface area contributed by atoms with Crippen LogP contribution in [-0.2, 0) is 16.6 Å². The van der Waals surface area contributed by atoms with E-state index >= 15 is 0 Å². The highest BCUT2D eigenvalue weighted by molar-refractivity contribution is 7.89. The van der Waals surface area contributed by atoms with Crippen molar-refractivity contribution in [3.8, 4) is 10.6 Å². The van der Waals surface area contributed by atoms with Crippen molar-refractivity contribution in [2.24, 2.45) is 0 Å². The third-order valence-electron chi connectivity index (χ3n) is 4.98. The average molecular weight is 498 g/mol. The van der Waals surface area contributed by atoms with Gasteiger partial charge in [-0.25, -0.2) is 13.4 Å². The molecule has 2 aromatic carbocycles. The predicted molar refractivity (Wildman–Crippen MR) is 134 cm³/mol. The summed E-state index contributed by atoms with van der Waals surface area (Å²) in [4.78, 5) is 18.3. The number of thiophene rings is 1. The zero-order valence-corrected chi connectivity index (χ0v) is 20.6. The van der Waals surface area contributed by atoms with E-state index in [-0.39, 0.29) is 23.4 Å². The Hall–Kier alpha value is -2.85. The van der Waals surface area contributed by atoms with E-state index in [0.717, 1.165) is 16.1 Å². The first kappa shape index (κ1) is 23.3. The summed E-state index contributed by atoms with van der Waals surface area (Å²) in [5, 5.41) is 7.15. The van der Waals surface area contributed by atoms with Gasteiger partial charge in [-0.2, -0.15) is 4.31 Å². The lowest BCUT2D eigenvalue weighted by Crippen LogP contribution is -2.36. The van der Waals surface area contributed by atoms with Crippen LogP contribution in [0.2, 0.25) is 0 Å². The van der Waals surface area contributed by atoms with E-state index in [1.807, 2.05) is 67.1 Å². The summed E-state index contributed by atoms with van der Waals surface area (Å²) >= 11 is 2.93. The van der Waals surface area contributed by atoms with Gasteiger partial charge >= 0.3 is 0 Å². The van der Waals surface area contributed by atoms with Gasteiger partial charge in [0.05, 0.1) is 15.5 Å². The van der Waals surface area contributed by atoms with Crippen LogP contribution in [0.5, 0.6) is 0 Å². The van der Waals surface area contributed by atoms with E-state index in [0.29, 0.717) is 10.7 Å². The van der Waals surface area contributed by atoms with Crippen molar-refractivity contribution in [3.63, 3.8) is 0 Å². The molecule has 0 saturated heterocycles. The van der Waals surface area contributed by atoms with Crippen molar-refractivity contribution >= 4 is 43.7 Å². The topological polar surface area (TPSA) is 79.4 Å². The lowest BCUT2D eigenvalue weighted by atomic mass is 10.2. The number of rotatable bonds is 8. The van der Waals surface area contributed by atoms with Crippen LogP contribution < -0.4 is 5.32 Å². The smallest absolute Gasteiger partial charge is 0.257 e. The highest BCUT2D eigenvalue weighted by atomic mass is 32.2.